The lowest BCUT2D eigenvalue weighted by Crippen LogP contribution is -2.33. The van der Waals surface area contributed by atoms with E-state index in [1.165, 1.54) is 6.33 Å². The predicted octanol–water partition coefficient (Wildman–Crippen LogP) is 3.13. The van der Waals surface area contributed by atoms with Gasteiger partial charge < -0.3 is 21.3 Å². The topological polar surface area (TPSA) is 104 Å². The third-order valence-electron chi connectivity index (χ3n) is 3.48. The number of carbonyl (C=O) groups is 1. The molecule has 0 aliphatic heterocycles. The molecule has 0 bridgehead atoms. The third-order valence-corrected chi connectivity index (χ3v) is 3.48. The molecule has 0 aliphatic rings. The highest BCUT2D eigenvalue weighted by Gasteiger charge is 2.07. The largest absolute Gasteiger partial charge is 0.368 e. The molecule has 2 heterocycles. The summed E-state index contributed by atoms with van der Waals surface area (Å²) in [6.45, 7) is 0.626. The summed E-state index contributed by atoms with van der Waals surface area (Å²) in [7, 11) is 0. The van der Waals surface area contributed by atoms with E-state index in [2.05, 4.69) is 36.2 Å². The number of hydrogen-bond acceptors (Lipinski definition) is 6. The van der Waals surface area contributed by atoms with Crippen molar-refractivity contribution < 1.29 is 13.6 Å². The van der Waals surface area contributed by atoms with Crippen LogP contribution in [0.15, 0.2) is 55.0 Å². The Kier molecular flexibility index (Phi) is 6.24. The van der Waals surface area contributed by atoms with Gasteiger partial charge in [0.25, 0.3) is 0 Å². The van der Waals surface area contributed by atoms with Gasteiger partial charge in [-0.05, 0) is 24.3 Å². The molecular formula is C18H17F2N7O. The van der Waals surface area contributed by atoms with Gasteiger partial charge in [0, 0.05) is 31.4 Å². The highest BCUT2D eigenvalue weighted by atomic mass is 19.1. The van der Waals surface area contributed by atoms with E-state index in [1.807, 2.05) is 18.2 Å². The van der Waals surface area contributed by atoms with Crippen LogP contribution in [0.1, 0.15) is 0 Å². The van der Waals surface area contributed by atoms with Crippen LogP contribution in [-0.4, -0.2) is 34.1 Å². The van der Waals surface area contributed by atoms with Gasteiger partial charge in [0.2, 0.25) is 0 Å². The molecule has 0 aliphatic carbocycles. The maximum absolute atomic E-state index is 13.5. The van der Waals surface area contributed by atoms with Gasteiger partial charge in [0.15, 0.2) is 0 Å². The molecule has 144 valence electrons. The number of anilines is 4. The minimum atomic E-state index is -0.845. The summed E-state index contributed by atoms with van der Waals surface area (Å²) in [5.74, 6) is 0.212. The average molecular weight is 385 g/mol. The third kappa shape index (κ3) is 5.59. The summed E-state index contributed by atoms with van der Waals surface area (Å²) in [5, 5.41) is 10.9. The van der Waals surface area contributed by atoms with Gasteiger partial charge in [0.05, 0.1) is 5.69 Å². The van der Waals surface area contributed by atoms with Gasteiger partial charge in [-0.15, -0.1) is 0 Å². The predicted molar refractivity (Wildman–Crippen MR) is 101 cm³/mol. The number of amides is 2. The fourth-order valence-corrected chi connectivity index (χ4v) is 2.21. The summed E-state index contributed by atoms with van der Waals surface area (Å²) in [6, 6.07) is 9.47. The first-order valence-electron chi connectivity index (χ1n) is 8.34. The second kappa shape index (κ2) is 9.21. The van der Waals surface area contributed by atoms with Crippen LogP contribution in [0.25, 0.3) is 0 Å². The van der Waals surface area contributed by atoms with Crippen LogP contribution in [0.3, 0.4) is 0 Å². The van der Waals surface area contributed by atoms with E-state index < -0.39 is 17.7 Å². The minimum Gasteiger partial charge on any atom is -0.368 e. The van der Waals surface area contributed by atoms with Gasteiger partial charge >= 0.3 is 6.03 Å². The maximum Gasteiger partial charge on any atom is 0.319 e. The van der Waals surface area contributed by atoms with Gasteiger partial charge in [-0.1, -0.05) is 6.07 Å². The molecule has 0 atom stereocenters. The van der Waals surface area contributed by atoms with E-state index in [0.29, 0.717) is 30.1 Å². The monoisotopic (exact) mass is 385 g/mol. The van der Waals surface area contributed by atoms with Crippen molar-refractivity contribution in [3.05, 3.63) is 66.6 Å². The second-order valence-electron chi connectivity index (χ2n) is 5.56. The minimum absolute atomic E-state index is 0.104. The number of hydrogen-bond donors (Lipinski definition) is 4. The Labute approximate surface area is 159 Å². The zero-order valence-corrected chi connectivity index (χ0v) is 14.6. The zero-order chi connectivity index (χ0) is 19.8. The number of halogens is 2. The molecule has 0 radical (unpaired) electrons. The van der Waals surface area contributed by atoms with Crippen LogP contribution >= 0.6 is 0 Å². The van der Waals surface area contributed by atoms with Crippen molar-refractivity contribution in [3.63, 3.8) is 0 Å². The fraction of sp³-hybridized carbons (Fsp3) is 0.111. The van der Waals surface area contributed by atoms with E-state index in [0.717, 1.165) is 12.1 Å². The number of aromatic nitrogens is 3. The molecule has 0 unspecified atom stereocenters. The van der Waals surface area contributed by atoms with Crippen LogP contribution in [0, 0.1) is 11.6 Å². The lowest BCUT2D eigenvalue weighted by atomic mass is 10.3. The Morgan fingerprint density at radius 1 is 0.929 bits per heavy atom. The van der Waals surface area contributed by atoms with Gasteiger partial charge in [-0.2, -0.15) is 0 Å². The number of carbonyl (C=O) groups excluding carboxylic acids is 1. The summed E-state index contributed by atoms with van der Waals surface area (Å²) in [4.78, 5) is 24.1. The molecule has 2 aromatic heterocycles. The van der Waals surface area contributed by atoms with Crippen molar-refractivity contribution in [1.29, 1.82) is 0 Å². The Morgan fingerprint density at radius 2 is 1.79 bits per heavy atom. The molecule has 10 heteroatoms. The molecule has 4 N–H and O–H groups in total. The SMILES string of the molecule is O=C(NCCNc1cc(Nc2ccccn2)ncn1)Nc1ccc(F)cc1F. The van der Waals surface area contributed by atoms with E-state index in [4.69, 9.17) is 0 Å². The highest BCUT2D eigenvalue weighted by Crippen LogP contribution is 2.15. The summed E-state index contributed by atoms with van der Waals surface area (Å²) < 4.78 is 26.3. The first-order chi connectivity index (χ1) is 13.6. The Bertz CT molecular complexity index is 940. The fourth-order valence-electron chi connectivity index (χ4n) is 2.21. The number of nitrogens with zero attached hydrogens (tertiary/aromatic N) is 3. The van der Waals surface area contributed by atoms with E-state index >= 15 is 0 Å². The quantitative estimate of drug-likeness (QED) is 0.466. The molecule has 8 nitrogen and oxygen atoms in total. The summed E-state index contributed by atoms with van der Waals surface area (Å²) in [6.07, 6.45) is 3.06. The number of rotatable bonds is 7. The first kappa shape index (κ1) is 19.0. The summed E-state index contributed by atoms with van der Waals surface area (Å²) >= 11 is 0. The van der Waals surface area contributed by atoms with Gasteiger partial charge in [0.1, 0.15) is 35.4 Å². The molecular weight excluding hydrogens is 368 g/mol. The van der Waals surface area contributed by atoms with Crippen LogP contribution in [0.4, 0.5) is 36.7 Å². The molecule has 0 saturated carbocycles. The van der Waals surface area contributed by atoms with Crippen molar-refractivity contribution in [2.24, 2.45) is 0 Å². The standard InChI is InChI=1S/C18H17F2N7O/c19-12-4-5-14(13(20)9-12)26-18(28)23-8-7-22-16-10-17(25-11-24-16)27-15-3-1-2-6-21-15/h1-6,9-11H,7-8H2,(H2,23,26,28)(H2,21,22,24,25,27). The Hall–Kier alpha value is -3.82. The Morgan fingerprint density at radius 3 is 2.57 bits per heavy atom. The molecule has 28 heavy (non-hydrogen) atoms. The van der Waals surface area contributed by atoms with Crippen LogP contribution in [0.2, 0.25) is 0 Å². The molecule has 0 fully saturated rings. The first-order valence-corrected chi connectivity index (χ1v) is 8.34. The van der Waals surface area contributed by atoms with Crippen LogP contribution < -0.4 is 21.3 Å². The number of pyridine rings is 1. The maximum atomic E-state index is 13.5. The molecule has 3 rings (SSSR count). The lowest BCUT2D eigenvalue weighted by Gasteiger charge is -2.10. The van der Waals surface area contributed by atoms with Crippen molar-refractivity contribution in [1.82, 2.24) is 20.3 Å². The van der Waals surface area contributed by atoms with E-state index in [9.17, 15) is 13.6 Å². The molecule has 1 aromatic carbocycles. The highest BCUT2D eigenvalue weighted by molar-refractivity contribution is 5.89. The summed E-state index contributed by atoms with van der Waals surface area (Å²) in [5.41, 5.74) is -0.104. The van der Waals surface area contributed by atoms with Crippen molar-refractivity contribution in [2.45, 2.75) is 0 Å². The molecule has 0 saturated heterocycles. The number of nitrogens with one attached hydrogen (secondary N) is 4. The molecule has 0 spiro atoms. The van der Waals surface area contributed by atoms with Crippen molar-refractivity contribution >= 4 is 29.2 Å². The van der Waals surface area contributed by atoms with Crippen LogP contribution in [0.5, 0.6) is 0 Å². The van der Waals surface area contributed by atoms with Crippen molar-refractivity contribution in [2.75, 3.05) is 29.0 Å². The smallest absolute Gasteiger partial charge is 0.319 e. The van der Waals surface area contributed by atoms with E-state index in [-0.39, 0.29) is 12.2 Å². The van der Waals surface area contributed by atoms with Gasteiger partial charge in [-0.3, -0.25) is 0 Å². The lowest BCUT2D eigenvalue weighted by molar-refractivity contribution is 0.252. The van der Waals surface area contributed by atoms with Gasteiger partial charge in [-0.25, -0.2) is 28.5 Å². The van der Waals surface area contributed by atoms with E-state index in [1.54, 1.807) is 12.3 Å². The molecule has 2 amide bonds. The second-order valence-corrected chi connectivity index (χ2v) is 5.56. The average Bonchev–Trinajstić information content (AvgIpc) is 2.69. The Balaban J connectivity index is 1.43. The number of urea groups is 1. The normalized spacial score (nSPS) is 10.2. The number of benzene rings is 1. The van der Waals surface area contributed by atoms with Crippen molar-refractivity contribution in [3.8, 4) is 0 Å². The van der Waals surface area contributed by atoms with Crippen LogP contribution in [-0.2, 0) is 0 Å². The molecule has 3 aromatic rings. The zero-order valence-electron chi connectivity index (χ0n) is 14.6.